The van der Waals surface area contributed by atoms with Crippen LogP contribution in [0.5, 0.6) is 11.5 Å². The van der Waals surface area contributed by atoms with Crippen LogP contribution in [0.15, 0.2) is 18.2 Å². The molecule has 3 rings (SSSR count). The molecule has 0 bridgehead atoms. The van der Waals surface area contributed by atoms with Gasteiger partial charge in [0, 0.05) is 27.5 Å². The van der Waals surface area contributed by atoms with Gasteiger partial charge in [0.25, 0.3) is 0 Å². The fraction of sp³-hybridized carbons (Fsp3) is 0.591. The highest BCUT2D eigenvalue weighted by Gasteiger charge is 2.35. The van der Waals surface area contributed by atoms with Crippen molar-refractivity contribution in [3.63, 3.8) is 0 Å². The number of rotatable bonds is 5. The summed E-state index contributed by atoms with van der Waals surface area (Å²) in [6.45, 7) is 10.7. The Morgan fingerprint density at radius 2 is 1.75 bits per heavy atom. The van der Waals surface area contributed by atoms with Crippen molar-refractivity contribution in [2.24, 2.45) is 0 Å². The fourth-order valence-corrected chi connectivity index (χ4v) is 3.46. The number of amides is 1. The smallest absolute Gasteiger partial charge is 0.410 e. The van der Waals surface area contributed by atoms with Crippen LogP contribution in [0.2, 0.25) is 0 Å². The zero-order chi connectivity index (χ0) is 23.2. The Hall–Kier alpha value is -3.01. The van der Waals surface area contributed by atoms with E-state index in [9.17, 15) is 4.79 Å². The number of aromatic nitrogens is 3. The molecule has 1 saturated heterocycles. The zero-order valence-corrected chi connectivity index (χ0v) is 20.4. The summed E-state index contributed by atoms with van der Waals surface area (Å²) in [4.78, 5) is 14.2. The summed E-state index contributed by atoms with van der Waals surface area (Å²) >= 11 is 0. The maximum atomic E-state index is 12.5. The van der Waals surface area contributed by atoms with Gasteiger partial charge in [-0.1, -0.05) is 19.9 Å². The second-order valence-electron chi connectivity index (χ2n) is 7.89. The minimum Gasteiger partial charge on any atom is -0.494 e. The normalized spacial score (nSPS) is 15.2. The molecule has 10 nitrogen and oxygen atoms in total. The molecule has 1 fully saturated rings. The molecule has 2 heterocycles. The molecular formula is C22H39N5O5. The van der Waals surface area contributed by atoms with Crippen LogP contribution in [0.4, 0.5) is 10.7 Å². The minimum atomic E-state index is -0.529. The van der Waals surface area contributed by atoms with Crippen LogP contribution in [0.1, 0.15) is 54.2 Å². The minimum absolute atomic E-state index is 0. The average molecular weight is 454 g/mol. The van der Waals surface area contributed by atoms with Gasteiger partial charge in [-0.25, -0.2) is 4.79 Å². The van der Waals surface area contributed by atoms with Crippen molar-refractivity contribution < 1.29 is 25.9 Å². The molecule has 0 unspecified atom stereocenters. The lowest BCUT2D eigenvalue weighted by molar-refractivity contribution is 0.0292. The second kappa shape index (κ2) is 11.6. The first-order valence-electron chi connectivity index (χ1n) is 10.6. The molecule has 32 heavy (non-hydrogen) atoms. The van der Waals surface area contributed by atoms with Crippen LogP contribution in [-0.4, -0.2) is 71.2 Å². The van der Waals surface area contributed by atoms with Gasteiger partial charge in [0.15, 0.2) is 0 Å². The van der Waals surface area contributed by atoms with Crippen molar-refractivity contribution in [1.29, 1.82) is 0 Å². The Morgan fingerprint density at radius 3 is 2.25 bits per heavy atom. The van der Waals surface area contributed by atoms with Gasteiger partial charge < -0.3 is 29.9 Å². The molecule has 1 aliphatic heterocycles. The maximum Gasteiger partial charge on any atom is 0.410 e. The van der Waals surface area contributed by atoms with Crippen molar-refractivity contribution in [3.05, 3.63) is 24.0 Å². The highest BCUT2D eigenvalue weighted by atomic mass is 16.6. The first kappa shape index (κ1) is 27.0. The van der Waals surface area contributed by atoms with Gasteiger partial charge in [-0.15, -0.1) is 10.2 Å². The van der Waals surface area contributed by atoms with Gasteiger partial charge in [0.1, 0.15) is 28.6 Å². The van der Waals surface area contributed by atoms with Gasteiger partial charge in [-0.3, -0.25) is 4.57 Å². The van der Waals surface area contributed by atoms with Crippen molar-refractivity contribution in [1.82, 2.24) is 19.7 Å². The summed E-state index contributed by atoms with van der Waals surface area (Å²) in [6, 6.07) is 5.59. The average Bonchev–Trinajstić information content (AvgIpc) is 3.40. The number of hydrogen-bond donors (Lipinski definition) is 1. The second-order valence-corrected chi connectivity index (χ2v) is 7.89. The molecule has 2 aromatic rings. The third-order valence-electron chi connectivity index (χ3n) is 4.74. The molecule has 0 saturated carbocycles. The molecule has 0 aliphatic carbocycles. The van der Waals surface area contributed by atoms with Crippen LogP contribution >= 0.6 is 0 Å². The van der Waals surface area contributed by atoms with E-state index in [-0.39, 0.29) is 18.9 Å². The predicted molar refractivity (Wildman–Crippen MR) is 126 cm³/mol. The summed E-state index contributed by atoms with van der Waals surface area (Å²) < 4.78 is 18.6. The molecule has 0 radical (unpaired) electrons. The molecule has 182 valence electrons. The Morgan fingerprint density at radius 1 is 1.16 bits per heavy atom. The Bertz CT molecular complexity index is 862. The molecule has 1 aromatic heterocycles. The third-order valence-corrected chi connectivity index (χ3v) is 4.74. The predicted octanol–water partition coefficient (Wildman–Crippen LogP) is 3.50. The number of benzene rings is 1. The molecular weight excluding hydrogens is 414 g/mol. The van der Waals surface area contributed by atoms with E-state index in [4.69, 9.17) is 14.2 Å². The SMILES string of the molecule is CC.CNc1nnc([C@@H]2CCN(C(=O)OC(C)(C)C)C2)n1-c1c(OC)cccc1OC.O.[HH]. The molecule has 3 N–H and O–H groups in total. The van der Waals surface area contributed by atoms with E-state index in [1.807, 2.05) is 57.4 Å². The van der Waals surface area contributed by atoms with E-state index in [1.54, 1.807) is 26.2 Å². The summed E-state index contributed by atoms with van der Waals surface area (Å²) in [5.41, 5.74) is 0.191. The number of methoxy groups -OCH3 is 2. The number of hydrogen-bond acceptors (Lipinski definition) is 7. The zero-order valence-electron chi connectivity index (χ0n) is 20.4. The molecule has 10 heteroatoms. The van der Waals surface area contributed by atoms with Gasteiger partial charge in [0.2, 0.25) is 5.95 Å². The van der Waals surface area contributed by atoms with E-state index in [0.717, 1.165) is 17.9 Å². The lowest BCUT2D eigenvalue weighted by atomic mass is 10.1. The van der Waals surface area contributed by atoms with Gasteiger partial charge in [-0.2, -0.15) is 0 Å². The van der Waals surface area contributed by atoms with E-state index < -0.39 is 5.60 Å². The number of ether oxygens (including phenoxy) is 3. The number of para-hydroxylation sites is 1. The van der Waals surface area contributed by atoms with E-state index >= 15 is 0 Å². The number of nitrogens with zero attached hydrogens (tertiary/aromatic N) is 4. The van der Waals surface area contributed by atoms with Crippen LogP contribution < -0.4 is 14.8 Å². The quantitative estimate of drug-likeness (QED) is 0.735. The van der Waals surface area contributed by atoms with E-state index in [1.165, 1.54) is 0 Å². The number of carbonyl (C=O) groups excluding carboxylic acids is 1. The van der Waals surface area contributed by atoms with Crippen molar-refractivity contribution in [3.8, 4) is 17.2 Å². The monoisotopic (exact) mass is 453 g/mol. The molecule has 0 spiro atoms. The standard InChI is InChI=1S/C20H29N5O4.C2H6.H2O.H2/c1-20(2,3)29-19(26)24-11-10-13(12-24)17-22-23-18(21-4)25(17)16-14(27-5)8-7-9-15(16)28-6;1-2;;/h7-9,13H,10-12H2,1-6H3,(H,21,23);1-2H3;1H2;1H/t13-;;;/m1.../s1. The van der Waals surface area contributed by atoms with Gasteiger partial charge >= 0.3 is 6.09 Å². The molecule has 1 aliphatic rings. The van der Waals surface area contributed by atoms with Crippen LogP contribution in [0.25, 0.3) is 5.69 Å². The van der Waals surface area contributed by atoms with E-state index in [2.05, 4.69) is 15.5 Å². The molecule has 1 aromatic carbocycles. The van der Waals surface area contributed by atoms with Crippen molar-refractivity contribution >= 4 is 12.0 Å². The maximum absolute atomic E-state index is 12.5. The lowest BCUT2D eigenvalue weighted by Gasteiger charge is -2.24. The number of carbonyl (C=O) groups is 1. The Labute approximate surface area is 191 Å². The number of likely N-dealkylation sites (tertiary alicyclic amines) is 1. The lowest BCUT2D eigenvalue weighted by Crippen LogP contribution is -2.35. The van der Waals surface area contributed by atoms with Crippen molar-refractivity contribution in [2.45, 2.75) is 52.6 Å². The first-order chi connectivity index (χ1) is 14.8. The van der Waals surface area contributed by atoms with Crippen LogP contribution in [0.3, 0.4) is 0 Å². The summed E-state index contributed by atoms with van der Waals surface area (Å²) in [5, 5.41) is 11.8. The molecule has 1 atom stereocenters. The number of nitrogens with one attached hydrogen (secondary N) is 1. The topological polar surface area (TPSA) is 122 Å². The van der Waals surface area contributed by atoms with Gasteiger partial charge in [-0.05, 0) is 39.3 Å². The van der Waals surface area contributed by atoms with E-state index in [0.29, 0.717) is 30.5 Å². The summed E-state index contributed by atoms with van der Waals surface area (Å²) in [5.74, 6) is 2.60. The van der Waals surface area contributed by atoms with Crippen LogP contribution in [-0.2, 0) is 4.74 Å². The Kier molecular flexibility index (Phi) is 9.77. The van der Waals surface area contributed by atoms with Gasteiger partial charge in [0.05, 0.1) is 14.2 Å². The largest absolute Gasteiger partial charge is 0.494 e. The first-order valence-corrected chi connectivity index (χ1v) is 10.6. The Balaban J connectivity index is 0.00000249. The molecule has 1 amide bonds. The van der Waals surface area contributed by atoms with Crippen molar-refractivity contribution in [2.75, 3.05) is 39.7 Å². The third kappa shape index (κ3) is 5.82. The number of anilines is 1. The highest BCUT2D eigenvalue weighted by molar-refractivity contribution is 5.68. The highest BCUT2D eigenvalue weighted by Crippen LogP contribution is 2.38. The van der Waals surface area contributed by atoms with Crippen LogP contribution in [0, 0.1) is 0 Å². The fourth-order valence-electron chi connectivity index (χ4n) is 3.46. The summed E-state index contributed by atoms with van der Waals surface area (Å²) in [7, 11) is 5.01. The summed E-state index contributed by atoms with van der Waals surface area (Å²) in [6.07, 6.45) is 0.452.